The molecular weight excluding hydrogens is 321 g/mol. The number of hydrogen-bond donors (Lipinski definition) is 0. The molecule has 0 spiro atoms. The van der Waals surface area contributed by atoms with E-state index < -0.39 is 21.4 Å². The summed E-state index contributed by atoms with van der Waals surface area (Å²) in [5.41, 5.74) is -4.61. The Hall–Kier alpha value is -1.83. The molecule has 2 rings (SSSR count). The SMILES string of the molecule is O=CC1=C(OS(=O)(=O)C(F)(F)F)CCC(c2ccccc2)C1. The van der Waals surface area contributed by atoms with Crippen molar-refractivity contribution in [1.82, 2.24) is 0 Å². The summed E-state index contributed by atoms with van der Waals surface area (Å²) in [7, 11) is -5.74. The van der Waals surface area contributed by atoms with Crippen molar-refractivity contribution in [1.29, 1.82) is 0 Å². The molecule has 0 N–H and O–H groups in total. The fourth-order valence-corrected chi connectivity index (χ4v) is 2.90. The van der Waals surface area contributed by atoms with E-state index in [1.807, 2.05) is 30.3 Å². The second kappa shape index (κ2) is 6.12. The van der Waals surface area contributed by atoms with Gasteiger partial charge in [-0.1, -0.05) is 30.3 Å². The molecule has 1 aromatic rings. The Bertz CT molecular complexity index is 678. The largest absolute Gasteiger partial charge is 0.534 e. The number of rotatable bonds is 4. The summed E-state index contributed by atoms with van der Waals surface area (Å²) in [5.74, 6) is -0.471. The van der Waals surface area contributed by atoms with Gasteiger partial charge in [0.05, 0.1) is 0 Å². The molecule has 0 fully saturated rings. The lowest BCUT2D eigenvalue weighted by Gasteiger charge is -2.25. The third kappa shape index (κ3) is 3.49. The first-order chi connectivity index (χ1) is 10.2. The second-order valence-corrected chi connectivity index (χ2v) is 6.44. The van der Waals surface area contributed by atoms with Gasteiger partial charge in [0.2, 0.25) is 0 Å². The number of alkyl halides is 3. The number of carbonyl (C=O) groups is 1. The average molecular weight is 334 g/mol. The van der Waals surface area contributed by atoms with Crippen LogP contribution in [-0.4, -0.2) is 20.2 Å². The Morgan fingerprint density at radius 2 is 1.82 bits per heavy atom. The highest BCUT2D eigenvalue weighted by atomic mass is 32.2. The predicted octanol–water partition coefficient (Wildman–Crippen LogP) is 3.27. The van der Waals surface area contributed by atoms with Crippen LogP contribution in [0.5, 0.6) is 0 Å². The Balaban J connectivity index is 2.23. The van der Waals surface area contributed by atoms with Crippen LogP contribution in [0.4, 0.5) is 13.2 Å². The summed E-state index contributed by atoms with van der Waals surface area (Å²) in [4.78, 5) is 11.1. The van der Waals surface area contributed by atoms with Crippen molar-refractivity contribution in [2.45, 2.75) is 30.7 Å². The van der Waals surface area contributed by atoms with Gasteiger partial charge in [0, 0.05) is 12.0 Å². The molecule has 1 aliphatic rings. The summed E-state index contributed by atoms with van der Waals surface area (Å²) < 4.78 is 63.2. The van der Waals surface area contributed by atoms with Gasteiger partial charge in [0.25, 0.3) is 0 Å². The van der Waals surface area contributed by atoms with Gasteiger partial charge in [-0.05, 0) is 24.3 Å². The molecule has 0 saturated heterocycles. The lowest BCUT2D eigenvalue weighted by Crippen LogP contribution is -2.26. The van der Waals surface area contributed by atoms with Crippen molar-refractivity contribution in [3.63, 3.8) is 0 Å². The van der Waals surface area contributed by atoms with Crippen LogP contribution >= 0.6 is 0 Å². The lowest BCUT2D eigenvalue weighted by molar-refractivity contribution is -0.105. The number of hydrogen-bond acceptors (Lipinski definition) is 4. The van der Waals surface area contributed by atoms with Gasteiger partial charge in [-0.15, -0.1) is 0 Å². The molecule has 0 bridgehead atoms. The van der Waals surface area contributed by atoms with Crippen molar-refractivity contribution in [3.05, 3.63) is 47.2 Å². The minimum atomic E-state index is -5.74. The molecule has 1 atom stereocenters. The van der Waals surface area contributed by atoms with Gasteiger partial charge in [0.1, 0.15) is 12.0 Å². The maximum absolute atomic E-state index is 12.3. The standard InChI is InChI=1S/C14H13F3O4S/c15-14(16,17)22(19,20)21-13-7-6-11(8-12(13)9-18)10-4-2-1-3-5-10/h1-5,9,11H,6-8H2. The highest BCUT2D eigenvalue weighted by Crippen LogP contribution is 2.38. The van der Waals surface area contributed by atoms with Crippen LogP contribution < -0.4 is 0 Å². The third-order valence-corrected chi connectivity index (χ3v) is 4.44. The Labute approximate surface area is 125 Å². The van der Waals surface area contributed by atoms with Crippen LogP contribution in [-0.2, 0) is 19.1 Å². The molecule has 4 nitrogen and oxygen atoms in total. The molecule has 1 aliphatic carbocycles. The Kier molecular flexibility index (Phi) is 4.60. The van der Waals surface area contributed by atoms with E-state index in [1.165, 1.54) is 0 Å². The summed E-state index contributed by atoms with van der Waals surface area (Å²) >= 11 is 0. The molecule has 22 heavy (non-hydrogen) atoms. The van der Waals surface area contributed by atoms with E-state index in [1.54, 1.807) is 0 Å². The number of aldehydes is 1. The molecule has 0 aliphatic heterocycles. The number of halogens is 3. The smallest absolute Gasteiger partial charge is 0.380 e. The van der Waals surface area contributed by atoms with Crippen molar-refractivity contribution in [2.75, 3.05) is 0 Å². The van der Waals surface area contributed by atoms with E-state index >= 15 is 0 Å². The first kappa shape index (κ1) is 16.5. The molecule has 120 valence electrons. The van der Waals surface area contributed by atoms with Gasteiger partial charge < -0.3 is 4.18 Å². The molecule has 8 heteroatoms. The van der Waals surface area contributed by atoms with E-state index in [0.717, 1.165) is 5.56 Å². The Morgan fingerprint density at radius 1 is 1.18 bits per heavy atom. The zero-order valence-corrected chi connectivity index (χ0v) is 12.2. The molecular formula is C14H13F3O4S. The van der Waals surface area contributed by atoms with Gasteiger partial charge in [-0.25, -0.2) is 0 Å². The minimum Gasteiger partial charge on any atom is -0.380 e. The fraction of sp³-hybridized carbons (Fsp3) is 0.357. The zero-order chi connectivity index (χ0) is 16.4. The molecule has 0 heterocycles. The molecule has 0 radical (unpaired) electrons. The van der Waals surface area contributed by atoms with Crippen LogP contribution in [0.1, 0.15) is 30.7 Å². The monoisotopic (exact) mass is 334 g/mol. The summed E-state index contributed by atoms with van der Waals surface area (Å²) in [6.45, 7) is 0. The molecule has 0 saturated carbocycles. The molecule has 1 unspecified atom stereocenters. The van der Waals surface area contributed by atoms with Crippen molar-refractivity contribution >= 4 is 16.4 Å². The highest BCUT2D eigenvalue weighted by molar-refractivity contribution is 7.87. The number of carbonyl (C=O) groups excluding carboxylic acids is 1. The Morgan fingerprint density at radius 3 is 2.36 bits per heavy atom. The highest BCUT2D eigenvalue weighted by Gasteiger charge is 2.49. The maximum Gasteiger partial charge on any atom is 0.534 e. The maximum atomic E-state index is 12.3. The molecule has 1 aromatic carbocycles. The molecule has 0 aromatic heterocycles. The van der Waals surface area contributed by atoms with Crippen molar-refractivity contribution < 1.29 is 30.6 Å². The third-order valence-electron chi connectivity index (χ3n) is 3.45. The number of benzene rings is 1. The van der Waals surface area contributed by atoms with E-state index in [2.05, 4.69) is 4.18 Å². The van der Waals surface area contributed by atoms with Crippen LogP contribution in [0.15, 0.2) is 41.7 Å². The lowest BCUT2D eigenvalue weighted by atomic mass is 9.83. The first-order valence-corrected chi connectivity index (χ1v) is 7.88. The second-order valence-electron chi connectivity index (χ2n) is 4.90. The van der Waals surface area contributed by atoms with Gasteiger partial charge in [0.15, 0.2) is 0 Å². The van der Waals surface area contributed by atoms with E-state index in [9.17, 15) is 26.4 Å². The van der Waals surface area contributed by atoms with Gasteiger partial charge >= 0.3 is 15.6 Å². The van der Waals surface area contributed by atoms with E-state index in [-0.39, 0.29) is 24.3 Å². The fourth-order valence-electron chi connectivity index (χ4n) is 2.35. The van der Waals surface area contributed by atoms with Gasteiger partial charge in [-0.3, -0.25) is 4.79 Å². The quantitative estimate of drug-likeness (QED) is 0.482. The van der Waals surface area contributed by atoms with Crippen LogP contribution in [0.2, 0.25) is 0 Å². The summed E-state index contributed by atoms with van der Waals surface area (Å²) in [5, 5.41) is 0. The summed E-state index contributed by atoms with van der Waals surface area (Å²) in [6.07, 6.45) is 0.875. The topological polar surface area (TPSA) is 60.4 Å². The van der Waals surface area contributed by atoms with Crippen LogP contribution in [0.25, 0.3) is 0 Å². The van der Waals surface area contributed by atoms with Gasteiger partial charge in [-0.2, -0.15) is 21.6 Å². The predicted molar refractivity (Wildman–Crippen MR) is 72.2 cm³/mol. The molecule has 0 amide bonds. The van der Waals surface area contributed by atoms with E-state index in [4.69, 9.17) is 0 Å². The minimum absolute atomic E-state index is 0.0387. The van der Waals surface area contributed by atoms with Crippen LogP contribution in [0, 0.1) is 0 Å². The zero-order valence-electron chi connectivity index (χ0n) is 11.3. The number of allylic oxidation sites excluding steroid dienone is 2. The average Bonchev–Trinajstić information content (AvgIpc) is 2.47. The van der Waals surface area contributed by atoms with E-state index in [0.29, 0.717) is 12.7 Å². The first-order valence-electron chi connectivity index (χ1n) is 6.47. The normalized spacial score (nSPS) is 19.9. The summed E-state index contributed by atoms with van der Waals surface area (Å²) in [6, 6.07) is 9.17. The van der Waals surface area contributed by atoms with Crippen molar-refractivity contribution in [2.24, 2.45) is 0 Å². The van der Waals surface area contributed by atoms with Crippen LogP contribution in [0.3, 0.4) is 0 Å². The van der Waals surface area contributed by atoms with Crippen molar-refractivity contribution in [3.8, 4) is 0 Å².